The number of fused-ring (bicyclic) bond motifs is 3. The van der Waals surface area contributed by atoms with Crippen molar-refractivity contribution in [2.45, 2.75) is 13.8 Å². The minimum absolute atomic E-state index is 0.370. The molecule has 0 unspecified atom stereocenters. The molecular weight excluding hydrogens is 335 g/mol. The summed E-state index contributed by atoms with van der Waals surface area (Å²) in [6.45, 7) is 3.84. The number of aromatic nitrogens is 4. The molecule has 26 heavy (non-hydrogen) atoms. The molecule has 4 aromatic rings. The number of hydrogen-bond acceptors (Lipinski definition) is 5. The van der Waals surface area contributed by atoms with E-state index in [-0.39, 0.29) is 5.82 Å². The minimum atomic E-state index is -0.370. The van der Waals surface area contributed by atoms with Crippen molar-refractivity contribution in [3.8, 4) is 23.0 Å². The highest BCUT2D eigenvalue weighted by Gasteiger charge is 2.20. The van der Waals surface area contributed by atoms with Crippen LogP contribution in [-0.4, -0.2) is 33.6 Å². The van der Waals surface area contributed by atoms with Gasteiger partial charge in [-0.1, -0.05) is 0 Å². The Bertz CT molecular complexity index is 1150. The van der Waals surface area contributed by atoms with Crippen molar-refractivity contribution >= 4 is 16.7 Å². The van der Waals surface area contributed by atoms with Crippen LogP contribution in [0.15, 0.2) is 30.3 Å². The quantitative estimate of drug-likeness (QED) is 0.562. The van der Waals surface area contributed by atoms with Crippen LogP contribution in [0, 0.1) is 19.7 Å². The molecule has 0 aliphatic carbocycles. The third-order valence-corrected chi connectivity index (χ3v) is 4.34. The molecule has 0 radical (unpaired) electrons. The minimum Gasteiger partial charge on any atom is -0.496 e. The normalized spacial score (nSPS) is 11.3. The SMILES string of the molecule is COc1ccc2nc(C)c3c(C)nc(-c4ccc(F)cc4OC)n3c2n1. The summed E-state index contributed by atoms with van der Waals surface area (Å²) in [6, 6.07) is 8.01. The summed E-state index contributed by atoms with van der Waals surface area (Å²) in [6.07, 6.45) is 0. The summed E-state index contributed by atoms with van der Waals surface area (Å²) in [5.41, 5.74) is 4.51. The lowest BCUT2D eigenvalue weighted by molar-refractivity contribution is 0.399. The highest BCUT2D eigenvalue weighted by Crippen LogP contribution is 2.34. The average Bonchev–Trinajstić information content (AvgIpc) is 2.99. The maximum atomic E-state index is 13.6. The summed E-state index contributed by atoms with van der Waals surface area (Å²) in [5, 5.41) is 0. The molecule has 3 aromatic heterocycles. The van der Waals surface area contributed by atoms with Crippen LogP contribution in [0.4, 0.5) is 4.39 Å². The molecule has 0 bridgehead atoms. The number of imidazole rings is 1. The molecule has 0 amide bonds. The molecule has 1 aromatic carbocycles. The van der Waals surface area contributed by atoms with Crippen LogP contribution in [0.2, 0.25) is 0 Å². The monoisotopic (exact) mass is 352 g/mol. The van der Waals surface area contributed by atoms with E-state index in [1.165, 1.54) is 19.2 Å². The molecule has 7 heteroatoms. The van der Waals surface area contributed by atoms with E-state index < -0.39 is 0 Å². The van der Waals surface area contributed by atoms with Gasteiger partial charge in [0.25, 0.3) is 0 Å². The van der Waals surface area contributed by atoms with Gasteiger partial charge in [-0.2, -0.15) is 4.98 Å². The van der Waals surface area contributed by atoms with Crippen LogP contribution in [0.3, 0.4) is 0 Å². The Labute approximate surface area is 149 Å². The first-order valence-electron chi connectivity index (χ1n) is 8.07. The lowest BCUT2D eigenvalue weighted by atomic mass is 10.2. The van der Waals surface area contributed by atoms with Crippen molar-refractivity contribution in [1.82, 2.24) is 19.4 Å². The number of rotatable bonds is 3. The zero-order valence-electron chi connectivity index (χ0n) is 14.9. The Morgan fingerprint density at radius 2 is 1.69 bits per heavy atom. The molecule has 0 atom stereocenters. The van der Waals surface area contributed by atoms with Gasteiger partial charge in [-0.15, -0.1) is 0 Å². The molecule has 0 saturated heterocycles. The Morgan fingerprint density at radius 3 is 2.42 bits per heavy atom. The zero-order chi connectivity index (χ0) is 18.4. The van der Waals surface area contributed by atoms with Gasteiger partial charge in [0.15, 0.2) is 5.65 Å². The highest BCUT2D eigenvalue weighted by atomic mass is 19.1. The van der Waals surface area contributed by atoms with E-state index in [2.05, 4.69) is 9.97 Å². The first kappa shape index (κ1) is 16.3. The van der Waals surface area contributed by atoms with E-state index in [0.717, 1.165) is 22.4 Å². The van der Waals surface area contributed by atoms with Gasteiger partial charge in [0, 0.05) is 12.1 Å². The standard InChI is InChI=1S/C19H17FN4O2/c1-10-17-11(2)22-18(13-6-5-12(20)9-15(13)25-3)24(17)19-14(21-10)7-8-16(23-19)26-4/h5-9H,1-4H3. The van der Waals surface area contributed by atoms with Gasteiger partial charge in [-0.25, -0.2) is 14.4 Å². The average molecular weight is 352 g/mol. The molecule has 0 saturated carbocycles. The maximum absolute atomic E-state index is 13.6. The molecule has 0 spiro atoms. The van der Waals surface area contributed by atoms with Crippen LogP contribution in [0.1, 0.15) is 11.4 Å². The number of hydrogen-bond donors (Lipinski definition) is 0. The molecule has 6 nitrogen and oxygen atoms in total. The Hall–Kier alpha value is -3.22. The van der Waals surface area contributed by atoms with E-state index in [9.17, 15) is 4.39 Å². The summed E-state index contributed by atoms with van der Waals surface area (Å²) >= 11 is 0. The van der Waals surface area contributed by atoms with Gasteiger partial charge in [-0.3, -0.25) is 4.40 Å². The first-order chi connectivity index (χ1) is 12.5. The van der Waals surface area contributed by atoms with Crippen LogP contribution >= 0.6 is 0 Å². The number of methoxy groups -OCH3 is 2. The summed E-state index contributed by atoms with van der Waals surface area (Å²) in [4.78, 5) is 13.9. The summed E-state index contributed by atoms with van der Waals surface area (Å²) in [5.74, 6) is 1.13. The summed E-state index contributed by atoms with van der Waals surface area (Å²) < 4.78 is 26.2. The smallest absolute Gasteiger partial charge is 0.215 e. The number of halogens is 1. The number of benzene rings is 1. The molecule has 0 fully saturated rings. The first-order valence-corrected chi connectivity index (χ1v) is 8.07. The van der Waals surface area contributed by atoms with Crippen LogP contribution < -0.4 is 9.47 Å². The van der Waals surface area contributed by atoms with E-state index >= 15 is 0 Å². The van der Waals surface area contributed by atoms with E-state index in [1.807, 2.05) is 24.3 Å². The highest BCUT2D eigenvalue weighted by molar-refractivity contribution is 5.82. The third-order valence-electron chi connectivity index (χ3n) is 4.34. The van der Waals surface area contributed by atoms with E-state index in [0.29, 0.717) is 28.7 Å². The van der Waals surface area contributed by atoms with Gasteiger partial charge >= 0.3 is 0 Å². The van der Waals surface area contributed by atoms with Gasteiger partial charge in [0.05, 0.1) is 36.7 Å². The van der Waals surface area contributed by atoms with Crippen molar-refractivity contribution in [1.29, 1.82) is 0 Å². The Balaban J connectivity index is 2.17. The number of pyridine rings is 1. The topological polar surface area (TPSA) is 61.5 Å². The largest absolute Gasteiger partial charge is 0.496 e. The second kappa shape index (κ2) is 5.94. The fraction of sp³-hybridized carbons (Fsp3) is 0.211. The fourth-order valence-corrected chi connectivity index (χ4v) is 3.21. The molecule has 0 N–H and O–H groups in total. The predicted octanol–water partition coefficient (Wildman–Crippen LogP) is 3.72. The van der Waals surface area contributed by atoms with Crippen LogP contribution in [-0.2, 0) is 0 Å². The van der Waals surface area contributed by atoms with Crippen molar-refractivity contribution in [3.05, 3.63) is 47.5 Å². The molecule has 132 valence electrons. The van der Waals surface area contributed by atoms with Gasteiger partial charge in [0.2, 0.25) is 5.88 Å². The number of aryl methyl sites for hydroxylation is 2. The maximum Gasteiger partial charge on any atom is 0.215 e. The number of nitrogens with zero attached hydrogens (tertiary/aromatic N) is 4. The predicted molar refractivity (Wildman–Crippen MR) is 96.3 cm³/mol. The molecule has 3 heterocycles. The van der Waals surface area contributed by atoms with E-state index in [4.69, 9.17) is 14.5 Å². The zero-order valence-corrected chi connectivity index (χ0v) is 14.9. The molecule has 4 rings (SSSR count). The van der Waals surface area contributed by atoms with Crippen LogP contribution in [0.5, 0.6) is 11.6 Å². The lowest BCUT2D eigenvalue weighted by Gasteiger charge is -2.11. The molecule has 0 aliphatic heterocycles. The van der Waals surface area contributed by atoms with Crippen LogP contribution in [0.25, 0.3) is 28.1 Å². The van der Waals surface area contributed by atoms with Crippen molar-refractivity contribution in [2.75, 3.05) is 14.2 Å². The van der Waals surface area contributed by atoms with Gasteiger partial charge < -0.3 is 9.47 Å². The van der Waals surface area contributed by atoms with Gasteiger partial charge in [0.1, 0.15) is 22.9 Å². The molecular formula is C19H17FN4O2. The third kappa shape index (κ3) is 2.35. The molecule has 0 aliphatic rings. The Morgan fingerprint density at radius 1 is 0.923 bits per heavy atom. The summed E-state index contributed by atoms with van der Waals surface area (Å²) in [7, 11) is 3.07. The lowest BCUT2D eigenvalue weighted by Crippen LogP contribution is -2.01. The second-order valence-corrected chi connectivity index (χ2v) is 5.94. The fourth-order valence-electron chi connectivity index (χ4n) is 3.21. The number of ether oxygens (including phenoxy) is 2. The van der Waals surface area contributed by atoms with E-state index in [1.54, 1.807) is 19.2 Å². The van der Waals surface area contributed by atoms with Crippen molar-refractivity contribution < 1.29 is 13.9 Å². The van der Waals surface area contributed by atoms with Crippen molar-refractivity contribution in [2.24, 2.45) is 0 Å². The van der Waals surface area contributed by atoms with Gasteiger partial charge in [-0.05, 0) is 32.0 Å². The second-order valence-electron chi connectivity index (χ2n) is 5.94. The van der Waals surface area contributed by atoms with Crippen molar-refractivity contribution in [3.63, 3.8) is 0 Å². The Kier molecular flexibility index (Phi) is 3.72.